The van der Waals surface area contributed by atoms with Gasteiger partial charge in [0.05, 0.1) is 0 Å². The van der Waals surface area contributed by atoms with Crippen LogP contribution in [0.4, 0.5) is 0 Å². The molecule has 0 aliphatic rings. The molecule has 1 nitrogen and oxygen atoms in total. The number of hydrogen-bond donors (Lipinski definition) is 0. The third-order valence-electron chi connectivity index (χ3n) is 3.38. The Kier molecular flexibility index (Phi) is 6.42. The second-order valence-electron chi connectivity index (χ2n) is 5.06. The smallest absolute Gasteiger partial charge is 0.163 e. The minimum atomic E-state index is 0.226. The number of halogens is 1. The molecule has 0 bridgehead atoms. The van der Waals surface area contributed by atoms with Crippen LogP contribution in [0.15, 0.2) is 18.2 Å². The Bertz CT molecular complexity index is 378. The summed E-state index contributed by atoms with van der Waals surface area (Å²) in [7, 11) is 0. The highest BCUT2D eigenvalue weighted by Crippen LogP contribution is 2.21. The third-order valence-corrected chi connectivity index (χ3v) is 3.60. The maximum absolute atomic E-state index is 12.2. The minimum absolute atomic E-state index is 0.226. The van der Waals surface area contributed by atoms with Crippen LogP contribution in [0.1, 0.15) is 61.9 Å². The minimum Gasteiger partial charge on any atom is -0.294 e. The SMILES string of the molecule is CCCCC(CC)CC(=O)c1cc(C)cc(Cl)c1. The van der Waals surface area contributed by atoms with Crippen LogP contribution < -0.4 is 0 Å². The summed E-state index contributed by atoms with van der Waals surface area (Å²) in [5.41, 5.74) is 1.81. The highest BCUT2D eigenvalue weighted by Gasteiger charge is 2.14. The summed E-state index contributed by atoms with van der Waals surface area (Å²) in [5, 5.41) is 0.653. The van der Waals surface area contributed by atoms with E-state index in [1.54, 1.807) is 6.07 Å². The summed E-state index contributed by atoms with van der Waals surface area (Å²) in [6, 6.07) is 5.59. The van der Waals surface area contributed by atoms with Crippen molar-refractivity contribution >= 4 is 17.4 Å². The van der Waals surface area contributed by atoms with Crippen molar-refractivity contribution in [2.45, 2.75) is 52.9 Å². The van der Waals surface area contributed by atoms with Crippen LogP contribution in [0.3, 0.4) is 0 Å². The lowest BCUT2D eigenvalue weighted by Crippen LogP contribution is -2.08. The maximum Gasteiger partial charge on any atom is 0.163 e. The highest BCUT2D eigenvalue weighted by molar-refractivity contribution is 6.31. The Morgan fingerprint density at radius 1 is 1.28 bits per heavy atom. The number of hydrogen-bond acceptors (Lipinski definition) is 1. The molecule has 0 heterocycles. The van der Waals surface area contributed by atoms with E-state index < -0.39 is 0 Å². The molecular weight excluding hydrogens is 244 g/mol. The molecule has 0 fully saturated rings. The van der Waals surface area contributed by atoms with Crippen molar-refractivity contribution in [1.29, 1.82) is 0 Å². The molecule has 0 aromatic heterocycles. The van der Waals surface area contributed by atoms with Crippen molar-refractivity contribution < 1.29 is 4.79 Å². The Hall–Kier alpha value is -0.820. The van der Waals surface area contributed by atoms with E-state index in [9.17, 15) is 4.79 Å². The fourth-order valence-corrected chi connectivity index (χ4v) is 2.51. The molecule has 0 aliphatic carbocycles. The molecule has 1 aromatic carbocycles. The van der Waals surface area contributed by atoms with Gasteiger partial charge in [0.1, 0.15) is 0 Å². The first-order chi connectivity index (χ1) is 8.56. The highest BCUT2D eigenvalue weighted by atomic mass is 35.5. The predicted molar refractivity (Wildman–Crippen MR) is 78.4 cm³/mol. The van der Waals surface area contributed by atoms with Crippen molar-refractivity contribution in [3.63, 3.8) is 0 Å². The molecule has 18 heavy (non-hydrogen) atoms. The molecule has 1 unspecified atom stereocenters. The molecule has 1 atom stereocenters. The molecule has 0 saturated heterocycles. The normalized spacial score (nSPS) is 12.4. The van der Waals surface area contributed by atoms with Crippen molar-refractivity contribution in [3.05, 3.63) is 34.3 Å². The lowest BCUT2D eigenvalue weighted by atomic mass is 9.91. The van der Waals surface area contributed by atoms with Gasteiger partial charge in [0.2, 0.25) is 0 Å². The van der Waals surface area contributed by atoms with Crippen LogP contribution in [0, 0.1) is 12.8 Å². The molecule has 1 aromatic rings. The number of rotatable bonds is 7. The Balaban J connectivity index is 2.68. The van der Waals surface area contributed by atoms with Gasteiger partial charge in [-0.1, -0.05) is 51.1 Å². The quantitative estimate of drug-likeness (QED) is 0.601. The first-order valence-electron chi connectivity index (χ1n) is 6.87. The van der Waals surface area contributed by atoms with Gasteiger partial charge in [-0.05, 0) is 36.6 Å². The van der Waals surface area contributed by atoms with Crippen molar-refractivity contribution in [2.75, 3.05) is 0 Å². The van der Waals surface area contributed by atoms with E-state index in [1.165, 1.54) is 12.8 Å². The van der Waals surface area contributed by atoms with Gasteiger partial charge >= 0.3 is 0 Å². The van der Waals surface area contributed by atoms with Gasteiger partial charge in [-0.3, -0.25) is 4.79 Å². The first-order valence-corrected chi connectivity index (χ1v) is 7.25. The van der Waals surface area contributed by atoms with Crippen molar-refractivity contribution in [2.24, 2.45) is 5.92 Å². The van der Waals surface area contributed by atoms with Gasteiger partial charge in [0, 0.05) is 17.0 Å². The van der Waals surface area contributed by atoms with Gasteiger partial charge < -0.3 is 0 Å². The number of ketones is 1. The lowest BCUT2D eigenvalue weighted by molar-refractivity contribution is 0.0957. The predicted octanol–water partition coefficient (Wildman–Crippen LogP) is 5.44. The first kappa shape index (κ1) is 15.2. The van der Waals surface area contributed by atoms with Crippen LogP contribution in [0.2, 0.25) is 5.02 Å². The van der Waals surface area contributed by atoms with E-state index in [-0.39, 0.29) is 5.78 Å². The number of aryl methyl sites for hydroxylation is 1. The molecule has 1 rings (SSSR count). The molecule has 2 heteroatoms. The summed E-state index contributed by atoms with van der Waals surface area (Å²) in [4.78, 5) is 12.2. The van der Waals surface area contributed by atoms with E-state index >= 15 is 0 Å². The van der Waals surface area contributed by atoms with Gasteiger partial charge in [0.15, 0.2) is 5.78 Å². The number of Topliss-reactive ketones (excluding diaryl/α,β-unsaturated/α-hetero) is 1. The standard InChI is InChI=1S/C16H23ClO/c1-4-6-7-13(5-2)10-16(18)14-8-12(3)9-15(17)11-14/h8-9,11,13H,4-7,10H2,1-3H3. The topological polar surface area (TPSA) is 17.1 Å². The van der Waals surface area contributed by atoms with Crippen molar-refractivity contribution in [3.8, 4) is 0 Å². The molecule has 0 radical (unpaired) electrons. The summed E-state index contributed by atoms with van der Waals surface area (Å²) < 4.78 is 0. The monoisotopic (exact) mass is 266 g/mol. The molecule has 0 aliphatic heterocycles. The van der Waals surface area contributed by atoms with E-state index in [1.807, 2.05) is 19.1 Å². The Morgan fingerprint density at radius 3 is 2.56 bits per heavy atom. The van der Waals surface area contributed by atoms with Crippen LogP contribution in [0.25, 0.3) is 0 Å². The zero-order valence-corrected chi connectivity index (χ0v) is 12.4. The average Bonchev–Trinajstić information content (AvgIpc) is 2.32. The number of carbonyl (C=O) groups is 1. The average molecular weight is 267 g/mol. The van der Waals surface area contributed by atoms with Crippen molar-refractivity contribution in [1.82, 2.24) is 0 Å². The van der Waals surface area contributed by atoms with E-state index in [4.69, 9.17) is 11.6 Å². The van der Waals surface area contributed by atoms with E-state index in [0.29, 0.717) is 17.4 Å². The van der Waals surface area contributed by atoms with Gasteiger partial charge in [-0.25, -0.2) is 0 Å². The van der Waals surface area contributed by atoms with Gasteiger partial charge in [-0.15, -0.1) is 0 Å². The van der Waals surface area contributed by atoms with Gasteiger partial charge in [-0.2, -0.15) is 0 Å². The zero-order chi connectivity index (χ0) is 13.5. The second kappa shape index (κ2) is 7.58. The van der Waals surface area contributed by atoms with Crippen LogP contribution in [0.5, 0.6) is 0 Å². The number of benzene rings is 1. The summed E-state index contributed by atoms with van der Waals surface area (Å²) in [6.45, 7) is 6.32. The molecule has 0 saturated carbocycles. The molecule has 0 N–H and O–H groups in total. The second-order valence-corrected chi connectivity index (χ2v) is 5.50. The van der Waals surface area contributed by atoms with Crippen LogP contribution in [-0.2, 0) is 0 Å². The third kappa shape index (κ3) is 4.81. The number of unbranched alkanes of at least 4 members (excludes halogenated alkanes) is 1. The fraction of sp³-hybridized carbons (Fsp3) is 0.562. The van der Waals surface area contributed by atoms with Crippen LogP contribution >= 0.6 is 11.6 Å². The molecular formula is C16H23ClO. The van der Waals surface area contributed by atoms with E-state index in [2.05, 4.69) is 13.8 Å². The molecule has 0 amide bonds. The van der Waals surface area contributed by atoms with E-state index in [0.717, 1.165) is 24.0 Å². The van der Waals surface area contributed by atoms with Crippen LogP contribution in [-0.4, -0.2) is 5.78 Å². The summed E-state index contributed by atoms with van der Waals surface area (Å²) in [6.07, 6.45) is 5.28. The molecule has 100 valence electrons. The fourth-order valence-electron chi connectivity index (χ4n) is 2.22. The Labute approximate surface area is 116 Å². The zero-order valence-electron chi connectivity index (χ0n) is 11.6. The molecule has 0 spiro atoms. The lowest BCUT2D eigenvalue weighted by Gasteiger charge is -2.13. The maximum atomic E-state index is 12.2. The Morgan fingerprint density at radius 2 is 2.00 bits per heavy atom. The summed E-state index contributed by atoms with van der Waals surface area (Å²) in [5.74, 6) is 0.736. The largest absolute Gasteiger partial charge is 0.294 e. The van der Waals surface area contributed by atoms with Gasteiger partial charge in [0.25, 0.3) is 0 Å². The number of carbonyl (C=O) groups excluding carboxylic acids is 1. The summed E-state index contributed by atoms with van der Waals surface area (Å²) >= 11 is 6.00.